The van der Waals surface area contributed by atoms with Crippen LogP contribution in [0.3, 0.4) is 0 Å². The number of nitrogens with zero attached hydrogens (tertiary/aromatic N) is 1. The molecule has 15 heavy (non-hydrogen) atoms. The van der Waals surface area contributed by atoms with Gasteiger partial charge in [-0.05, 0) is 36.6 Å². The highest BCUT2D eigenvalue weighted by molar-refractivity contribution is 9.10. The van der Waals surface area contributed by atoms with Crippen LogP contribution in [0.2, 0.25) is 0 Å². The normalized spacial score (nSPS) is 23.4. The molecule has 0 aliphatic carbocycles. The van der Waals surface area contributed by atoms with Crippen molar-refractivity contribution in [3.8, 4) is 0 Å². The first kappa shape index (κ1) is 9.21. The highest BCUT2D eigenvalue weighted by Gasteiger charge is 2.35. The monoisotopic (exact) mass is 266 g/mol. The quantitative estimate of drug-likeness (QED) is 0.768. The Morgan fingerprint density at radius 2 is 2.33 bits per heavy atom. The van der Waals surface area contributed by atoms with Crippen molar-refractivity contribution in [2.75, 3.05) is 11.4 Å². The summed E-state index contributed by atoms with van der Waals surface area (Å²) in [7, 11) is 0. The molecule has 1 aromatic carbocycles. The van der Waals surface area contributed by atoms with Gasteiger partial charge in [0.05, 0.1) is 6.04 Å². The van der Waals surface area contributed by atoms with Gasteiger partial charge >= 0.3 is 6.03 Å². The van der Waals surface area contributed by atoms with Gasteiger partial charge in [-0.3, -0.25) is 4.90 Å². The number of carbonyl (C=O) groups excluding carboxylic acids is 1. The van der Waals surface area contributed by atoms with Gasteiger partial charge in [-0.1, -0.05) is 15.9 Å². The van der Waals surface area contributed by atoms with Crippen LogP contribution in [0.5, 0.6) is 0 Å². The Labute approximate surface area is 96.6 Å². The maximum absolute atomic E-state index is 11.7. The minimum Gasteiger partial charge on any atom is -0.336 e. The molecule has 1 saturated heterocycles. The number of halogens is 1. The summed E-state index contributed by atoms with van der Waals surface area (Å²) >= 11 is 3.46. The number of hydrogen-bond acceptors (Lipinski definition) is 1. The summed E-state index contributed by atoms with van der Waals surface area (Å²) < 4.78 is 1.08. The van der Waals surface area contributed by atoms with E-state index in [1.54, 1.807) is 0 Å². The summed E-state index contributed by atoms with van der Waals surface area (Å²) in [5, 5.41) is 2.89. The van der Waals surface area contributed by atoms with Gasteiger partial charge in [-0.25, -0.2) is 4.79 Å². The summed E-state index contributed by atoms with van der Waals surface area (Å²) in [6, 6.07) is 6.52. The van der Waals surface area contributed by atoms with Gasteiger partial charge < -0.3 is 5.32 Å². The second kappa shape index (κ2) is 3.23. The van der Waals surface area contributed by atoms with Crippen LogP contribution in [0.4, 0.5) is 10.5 Å². The maximum atomic E-state index is 11.7. The predicted octanol–water partition coefficient (Wildman–Crippen LogP) is 2.29. The Balaban J connectivity index is 2.10. The van der Waals surface area contributed by atoms with Crippen LogP contribution in [0.1, 0.15) is 12.0 Å². The predicted molar refractivity (Wildman–Crippen MR) is 62.1 cm³/mol. The first-order chi connectivity index (χ1) is 7.25. The first-order valence-electron chi connectivity index (χ1n) is 5.11. The molecule has 0 saturated carbocycles. The van der Waals surface area contributed by atoms with Crippen molar-refractivity contribution >= 4 is 27.6 Å². The van der Waals surface area contributed by atoms with Crippen LogP contribution in [0.15, 0.2) is 22.7 Å². The molecule has 1 unspecified atom stereocenters. The van der Waals surface area contributed by atoms with Crippen molar-refractivity contribution in [1.29, 1.82) is 0 Å². The minimum absolute atomic E-state index is 0.0447. The fraction of sp³-hybridized carbons (Fsp3) is 0.364. The Bertz CT molecular complexity index is 433. The van der Waals surface area contributed by atoms with E-state index in [0.29, 0.717) is 6.04 Å². The molecule has 0 aromatic heterocycles. The third-order valence-electron chi connectivity index (χ3n) is 3.12. The largest absolute Gasteiger partial charge is 0.336 e. The van der Waals surface area contributed by atoms with Crippen molar-refractivity contribution < 1.29 is 4.79 Å². The molecule has 2 aliphatic rings. The lowest BCUT2D eigenvalue weighted by atomic mass is 9.97. The van der Waals surface area contributed by atoms with Gasteiger partial charge in [0, 0.05) is 16.7 Å². The topological polar surface area (TPSA) is 32.3 Å². The van der Waals surface area contributed by atoms with Gasteiger partial charge in [0.25, 0.3) is 0 Å². The number of amides is 2. The number of anilines is 1. The van der Waals surface area contributed by atoms with E-state index in [9.17, 15) is 4.79 Å². The Morgan fingerprint density at radius 1 is 1.47 bits per heavy atom. The fourth-order valence-electron chi connectivity index (χ4n) is 2.40. The van der Waals surface area contributed by atoms with E-state index in [1.165, 1.54) is 5.56 Å². The standard InChI is InChI=1S/C11H11BrN2O/c12-8-2-4-10-7(5-8)1-3-9-6-13-11(15)14(9)10/h2,4-5,9H,1,3,6H2,(H,13,15). The van der Waals surface area contributed by atoms with Gasteiger partial charge in [-0.15, -0.1) is 0 Å². The third-order valence-corrected chi connectivity index (χ3v) is 3.61. The smallest absolute Gasteiger partial charge is 0.322 e. The zero-order valence-corrected chi connectivity index (χ0v) is 9.75. The number of aryl methyl sites for hydroxylation is 1. The lowest BCUT2D eigenvalue weighted by Crippen LogP contribution is -2.37. The molecule has 1 N–H and O–H groups in total. The number of benzene rings is 1. The summed E-state index contributed by atoms with van der Waals surface area (Å²) in [6.45, 7) is 0.786. The van der Waals surface area contributed by atoms with Crippen LogP contribution >= 0.6 is 15.9 Å². The van der Waals surface area contributed by atoms with Crippen LogP contribution in [-0.2, 0) is 6.42 Å². The number of nitrogens with one attached hydrogen (secondary N) is 1. The minimum atomic E-state index is 0.0447. The van der Waals surface area contributed by atoms with E-state index in [2.05, 4.69) is 27.3 Å². The summed E-state index contributed by atoms with van der Waals surface area (Å²) in [5.41, 5.74) is 2.34. The van der Waals surface area contributed by atoms with E-state index < -0.39 is 0 Å². The van der Waals surface area contributed by atoms with E-state index in [1.807, 2.05) is 17.0 Å². The molecule has 1 aromatic rings. The molecule has 0 radical (unpaired) electrons. The number of carbonyl (C=O) groups is 1. The number of hydrogen-bond donors (Lipinski definition) is 1. The van der Waals surface area contributed by atoms with Crippen molar-refractivity contribution in [2.24, 2.45) is 0 Å². The maximum Gasteiger partial charge on any atom is 0.322 e. The molecular formula is C11H11BrN2O. The Hall–Kier alpha value is -1.03. The van der Waals surface area contributed by atoms with E-state index in [-0.39, 0.29) is 6.03 Å². The molecule has 2 aliphatic heterocycles. The van der Waals surface area contributed by atoms with Crippen LogP contribution in [0, 0.1) is 0 Å². The van der Waals surface area contributed by atoms with Crippen molar-refractivity contribution in [1.82, 2.24) is 5.32 Å². The second-order valence-corrected chi connectivity index (χ2v) is 4.94. The van der Waals surface area contributed by atoms with Gasteiger partial charge in [0.15, 0.2) is 0 Å². The zero-order chi connectivity index (χ0) is 10.4. The summed E-state index contributed by atoms with van der Waals surface area (Å²) in [6.07, 6.45) is 2.12. The van der Waals surface area contributed by atoms with Gasteiger partial charge in [0.1, 0.15) is 0 Å². The van der Waals surface area contributed by atoms with Crippen LogP contribution in [-0.4, -0.2) is 18.6 Å². The van der Waals surface area contributed by atoms with Crippen LogP contribution < -0.4 is 10.2 Å². The summed E-state index contributed by atoms with van der Waals surface area (Å²) in [4.78, 5) is 13.6. The second-order valence-electron chi connectivity index (χ2n) is 4.02. The lowest BCUT2D eigenvalue weighted by Gasteiger charge is -2.30. The fourth-order valence-corrected chi connectivity index (χ4v) is 2.80. The first-order valence-corrected chi connectivity index (χ1v) is 5.90. The molecular weight excluding hydrogens is 256 g/mol. The van der Waals surface area contributed by atoms with E-state index in [4.69, 9.17) is 0 Å². The molecule has 3 nitrogen and oxygen atoms in total. The van der Waals surface area contributed by atoms with E-state index >= 15 is 0 Å². The molecule has 0 bridgehead atoms. The van der Waals surface area contributed by atoms with Crippen molar-refractivity contribution in [3.05, 3.63) is 28.2 Å². The molecule has 3 rings (SSSR count). The number of urea groups is 1. The molecule has 1 atom stereocenters. The lowest BCUT2D eigenvalue weighted by molar-refractivity contribution is 0.251. The average molecular weight is 267 g/mol. The molecule has 1 fully saturated rings. The van der Waals surface area contributed by atoms with Crippen LogP contribution in [0.25, 0.3) is 0 Å². The molecule has 4 heteroatoms. The zero-order valence-electron chi connectivity index (χ0n) is 8.16. The molecule has 78 valence electrons. The average Bonchev–Trinajstić information content (AvgIpc) is 2.60. The highest BCUT2D eigenvalue weighted by atomic mass is 79.9. The summed E-state index contributed by atoms with van der Waals surface area (Å²) in [5.74, 6) is 0. The molecule has 2 heterocycles. The van der Waals surface area contributed by atoms with Gasteiger partial charge in [-0.2, -0.15) is 0 Å². The Morgan fingerprint density at radius 3 is 3.20 bits per heavy atom. The number of fused-ring (bicyclic) bond motifs is 3. The van der Waals surface area contributed by atoms with Crippen molar-refractivity contribution in [3.63, 3.8) is 0 Å². The molecule has 0 spiro atoms. The van der Waals surface area contributed by atoms with Gasteiger partial charge in [0.2, 0.25) is 0 Å². The molecule has 2 amide bonds. The SMILES string of the molecule is O=C1NCC2CCc3cc(Br)ccc3N12. The highest BCUT2D eigenvalue weighted by Crippen LogP contribution is 2.34. The third kappa shape index (κ3) is 1.35. The Kier molecular flexibility index (Phi) is 1.99. The van der Waals surface area contributed by atoms with Crippen molar-refractivity contribution in [2.45, 2.75) is 18.9 Å². The number of rotatable bonds is 0. The van der Waals surface area contributed by atoms with E-state index in [0.717, 1.165) is 29.5 Å².